The van der Waals surface area contributed by atoms with Crippen LogP contribution in [-0.4, -0.2) is 38.2 Å². The summed E-state index contributed by atoms with van der Waals surface area (Å²) in [5.74, 6) is 0.453. The van der Waals surface area contributed by atoms with Crippen LogP contribution >= 0.6 is 0 Å². The van der Waals surface area contributed by atoms with Crippen LogP contribution in [0.25, 0.3) is 10.9 Å². The van der Waals surface area contributed by atoms with E-state index in [0.717, 1.165) is 36.1 Å². The zero-order valence-electron chi connectivity index (χ0n) is 14.2. The lowest BCUT2D eigenvalue weighted by atomic mass is 9.93. The summed E-state index contributed by atoms with van der Waals surface area (Å²) >= 11 is 0. The molecule has 0 saturated carbocycles. The second-order valence-corrected chi connectivity index (χ2v) is 7.95. The van der Waals surface area contributed by atoms with Crippen molar-refractivity contribution in [2.24, 2.45) is 11.1 Å². The standard InChI is InChI=1S/C16H23N5O2S/c1-10-6-14-16(12(3)11(10)2)15(7-18-20-14)21-8-13(9-21)4-5-19-24(17,22)23/h6-7,13,19H,4-5,8-9H2,1-3H3,(H2,17,22,23). The van der Waals surface area contributed by atoms with Gasteiger partial charge in [0.25, 0.3) is 10.2 Å². The van der Waals surface area contributed by atoms with Crippen molar-refractivity contribution >= 4 is 26.8 Å². The minimum Gasteiger partial charge on any atom is -0.369 e. The van der Waals surface area contributed by atoms with E-state index >= 15 is 0 Å². The van der Waals surface area contributed by atoms with Gasteiger partial charge in [0.15, 0.2) is 0 Å². The van der Waals surface area contributed by atoms with Gasteiger partial charge in [-0.3, -0.25) is 0 Å². The van der Waals surface area contributed by atoms with Gasteiger partial charge in [-0.05, 0) is 55.9 Å². The van der Waals surface area contributed by atoms with Gasteiger partial charge in [-0.1, -0.05) is 0 Å². The van der Waals surface area contributed by atoms with E-state index in [-0.39, 0.29) is 0 Å². The molecule has 0 bridgehead atoms. The summed E-state index contributed by atoms with van der Waals surface area (Å²) in [5.41, 5.74) is 5.78. The quantitative estimate of drug-likeness (QED) is 0.844. The molecule has 1 aromatic carbocycles. The van der Waals surface area contributed by atoms with E-state index < -0.39 is 10.2 Å². The van der Waals surface area contributed by atoms with Crippen molar-refractivity contribution in [3.63, 3.8) is 0 Å². The van der Waals surface area contributed by atoms with Crippen molar-refractivity contribution in [2.45, 2.75) is 27.2 Å². The summed E-state index contributed by atoms with van der Waals surface area (Å²) < 4.78 is 24.1. The number of aryl methyl sites for hydroxylation is 2. The summed E-state index contributed by atoms with van der Waals surface area (Å²) in [6.07, 6.45) is 2.60. The van der Waals surface area contributed by atoms with Crippen molar-refractivity contribution in [1.29, 1.82) is 0 Å². The number of aromatic nitrogens is 2. The number of nitrogens with zero attached hydrogens (tertiary/aromatic N) is 3. The molecule has 1 aliphatic rings. The second-order valence-electron chi connectivity index (χ2n) is 6.57. The Balaban J connectivity index is 1.74. The van der Waals surface area contributed by atoms with Crippen LogP contribution in [0.15, 0.2) is 12.3 Å². The Morgan fingerprint density at radius 1 is 1.29 bits per heavy atom. The number of benzene rings is 1. The molecule has 1 aliphatic heterocycles. The average molecular weight is 349 g/mol. The fourth-order valence-electron chi connectivity index (χ4n) is 3.27. The Kier molecular flexibility index (Phi) is 4.46. The number of hydrogen-bond donors (Lipinski definition) is 2. The number of rotatable bonds is 5. The van der Waals surface area contributed by atoms with Crippen LogP contribution in [0.4, 0.5) is 5.69 Å². The van der Waals surface area contributed by atoms with Gasteiger partial charge >= 0.3 is 0 Å². The fourth-order valence-corrected chi connectivity index (χ4v) is 3.67. The van der Waals surface area contributed by atoms with E-state index in [0.29, 0.717) is 12.5 Å². The molecule has 3 rings (SSSR count). The predicted molar refractivity (Wildman–Crippen MR) is 95.2 cm³/mol. The lowest BCUT2D eigenvalue weighted by Gasteiger charge is -2.41. The van der Waals surface area contributed by atoms with E-state index in [1.165, 1.54) is 16.7 Å². The third-order valence-electron chi connectivity index (χ3n) is 4.89. The van der Waals surface area contributed by atoms with Crippen molar-refractivity contribution < 1.29 is 8.42 Å². The largest absolute Gasteiger partial charge is 0.369 e. The lowest BCUT2D eigenvalue weighted by molar-refractivity contribution is 0.384. The summed E-state index contributed by atoms with van der Waals surface area (Å²) in [4.78, 5) is 2.28. The first-order valence-corrected chi connectivity index (χ1v) is 9.55. The van der Waals surface area contributed by atoms with Crippen molar-refractivity contribution in [3.05, 3.63) is 29.0 Å². The number of anilines is 1. The first-order chi connectivity index (χ1) is 11.3. The van der Waals surface area contributed by atoms with Gasteiger partial charge in [-0.15, -0.1) is 0 Å². The SMILES string of the molecule is Cc1cc2nncc(N3CC(CCNS(N)(=O)=O)C3)c2c(C)c1C. The maximum absolute atomic E-state index is 10.9. The zero-order valence-corrected chi connectivity index (χ0v) is 15.0. The van der Waals surface area contributed by atoms with E-state index in [1.807, 2.05) is 6.20 Å². The van der Waals surface area contributed by atoms with E-state index in [2.05, 4.69) is 46.7 Å². The van der Waals surface area contributed by atoms with Crippen LogP contribution in [0.5, 0.6) is 0 Å². The van der Waals surface area contributed by atoms with Gasteiger partial charge in [0, 0.05) is 25.0 Å². The molecular weight excluding hydrogens is 326 g/mol. The van der Waals surface area contributed by atoms with Crippen molar-refractivity contribution in [3.8, 4) is 0 Å². The molecule has 8 heteroatoms. The molecule has 130 valence electrons. The van der Waals surface area contributed by atoms with Gasteiger partial charge in [-0.2, -0.15) is 18.6 Å². The molecule has 2 aromatic rings. The second kappa shape index (κ2) is 6.27. The van der Waals surface area contributed by atoms with Crippen LogP contribution in [0.1, 0.15) is 23.1 Å². The topological polar surface area (TPSA) is 101 Å². The highest BCUT2D eigenvalue weighted by Gasteiger charge is 2.28. The molecular formula is C16H23N5O2S. The van der Waals surface area contributed by atoms with Gasteiger partial charge in [-0.25, -0.2) is 9.86 Å². The van der Waals surface area contributed by atoms with E-state index in [4.69, 9.17) is 5.14 Å². The molecule has 1 fully saturated rings. The number of hydrogen-bond acceptors (Lipinski definition) is 5. The summed E-state index contributed by atoms with van der Waals surface area (Å²) in [7, 11) is -3.59. The molecule has 0 spiro atoms. The highest BCUT2D eigenvalue weighted by molar-refractivity contribution is 7.87. The Bertz CT molecular complexity index is 876. The molecule has 0 aliphatic carbocycles. The molecule has 0 atom stereocenters. The molecule has 1 saturated heterocycles. The van der Waals surface area contributed by atoms with Crippen LogP contribution in [0.3, 0.4) is 0 Å². The summed E-state index contributed by atoms with van der Waals surface area (Å²) in [6, 6.07) is 2.08. The van der Waals surface area contributed by atoms with E-state index in [9.17, 15) is 8.42 Å². The highest BCUT2D eigenvalue weighted by atomic mass is 32.2. The first-order valence-electron chi connectivity index (χ1n) is 8.01. The number of fused-ring (bicyclic) bond motifs is 1. The predicted octanol–water partition coefficient (Wildman–Crippen LogP) is 1.17. The van der Waals surface area contributed by atoms with Gasteiger partial charge < -0.3 is 4.90 Å². The van der Waals surface area contributed by atoms with Crippen LogP contribution in [0.2, 0.25) is 0 Å². The minimum absolute atomic E-state index is 0.379. The van der Waals surface area contributed by atoms with Crippen molar-refractivity contribution in [1.82, 2.24) is 14.9 Å². The van der Waals surface area contributed by atoms with Crippen LogP contribution < -0.4 is 14.8 Å². The third-order valence-corrected chi connectivity index (χ3v) is 5.50. The average Bonchev–Trinajstić information content (AvgIpc) is 2.45. The normalized spacial score (nSPS) is 15.8. The highest BCUT2D eigenvalue weighted by Crippen LogP contribution is 2.35. The monoisotopic (exact) mass is 349 g/mol. The summed E-state index contributed by atoms with van der Waals surface area (Å²) in [6.45, 7) is 8.51. The molecule has 3 N–H and O–H groups in total. The maximum Gasteiger partial charge on any atom is 0.274 e. The van der Waals surface area contributed by atoms with Gasteiger partial charge in [0.1, 0.15) is 0 Å². The zero-order chi connectivity index (χ0) is 17.5. The smallest absolute Gasteiger partial charge is 0.274 e. The lowest BCUT2D eigenvalue weighted by Crippen LogP contribution is -2.48. The first kappa shape index (κ1) is 17.1. The maximum atomic E-state index is 10.9. The summed E-state index contributed by atoms with van der Waals surface area (Å²) in [5, 5.41) is 14.5. The molecule has 2 heterocycles. The Morgan fingerprint density at radius 2 is 2.00 bits per heavy atom. The van der Waals surface area contributed by atoms with Gasteiger partial charge in [0.05, 0.1) is 17.4 Å². The molecule has 24 heavy (non-hydrogen) atoms. The fraction of sp³-hybridized carbons (Fsp3) is 0.500. The number of nitrogens with two attached hydrogens (primary N) is 1. The molecule has 0 unspecified atom stereocenters. The van der Waals surface area contributed by atoms with E-state index in [1.54, 1.807) is 0 Å². The van der Waals surface area contributed by atoms with Gasteiger partial charge in [0.2, 0.25) is 0 Å². The molecule has 0 amide bonds. The Morgan fingerprint density at radius 3 is 2.67 bits per heavy atom. The minimum atomic E-state index is -3.59. The third kappa shape index (κ3) is 3.35. The number of nitrogens with one attached hydrogen (secondary N) is 1. The van der Waals surface area contributed by atoms with Crippen LogP contribution in [-0.2, 0) is 10.2 Å². The molecule has 7 nitrogen and oxygen atoms in total. The Labute approximate surface area is 142 Å². The molecule has 0 radical (unpaired) electrons. The molecule has 1 aromatic heterocycles. The van der Waals surface area contributed by atoms with Crippen LogP contribution in [0, 0.1) is 26.7 Å². The van der Waals surface area contributed by atoms with Crippen molar-refractivity contribution in [2.75, 3.05) is 24.5 Å². The Hall–Kier alpha value is -1.77.